The molecule has 0 spiro atoms. The fourth-order valence-corrected chi connectivity index (χ4v) is 10.1. The molecule has 0 saturated heterocycles. The molecule has 0 aromatic heterocycles. The first-order valence-corrected chi connectivity index (χ1v) is 22.7. The number of ether oxygens (including phenoxy) is 4. The second-order valence-electron chi connectivity index (χ2n) is 21.6. The van der Waals surface area contributed by atoms with Gasteiger partial charge in [0.15, 0.2) is 0 Å². The summed E-state index contributed by atoms with van der Waals surface area (Å²) < 4.78 is 25.7. The lowest BCUT2D eigenvalue weighted by atomic mass is 9.78. The van der Waals surface area contributed by atoms with Crippen molar-refractivity contribution in [3.63, 3.8) is 0 Å². The summed E-state index contributed by atoms with van der Waals surface area (Å²) in [7, 11) is 7.21. The number of hydrogen-bond donors (Lipinski definition) is 0. The molecule has 0 saturated carbocycles. The van der Waals surface area contributed by atoms with Crippen molar-refractivity contribution in [1.29, 1.82) is 0 Å². The van der Waals surface area contributed by atoms with Crippen LogP contribution in [-0.4, -0.2) is 28.4 Å². The zero-order valence-corrected chi connectivity index (χ0v) is 41.0. The Morgan fingerprint density at radius 1 is 0.266 bits per heavy atom. The Bertz CT molecular complexity index is 2660. The molecule has 0 bridgehead atoms. The monoisotopic (exact) mass is 850 g/mol. The molecule has 4 nitrogen and oxygen atoms in total. The van der Waals surface area contributed by atoms with E-state index in [1.165, 1.54) is 10.8 Å². The Morgan fingerprint density at radius 2 is 0.469 bits per heavy atom. The van der Waals surface area contributed by atoms with Crippen LogP contribution < -0.4 is 18.9 Å². The maximum Gasteiger partial charge on any atom is 0.130 e. The van der Waals surface area contributed by atoms with Crippen LogP contribution in [0.2, 0.25) is 0 Å². The predicted octanol–water partition coefficient (Wildman–Crippen LogP) is 16.5. The first kappa shape index (κ1) is 44.6. The van der Waals surface area contributed by atoms with Crippen LogP contribution in [0.5, 0.6) is 23.0 Å². The molecule has 8 rings (SSSR count). The molecule has 64 heavy (non-hydrogen) atoms. The van der Waals surface area contributed by atoms with Gasteiger partial charge in [-0.25, -0.2) is 0 Å². The summed E-state index contributed by atoms with van der Waals surface area (Å²) in [5, 5.41) is 6.99. The molecule has 0 aliphatic carbocycles. The minimum Gasteiger partial charge on any atom is -0.496 e. The van der Waals surface area contributed by atoms with Crippen molar-refractivity contribution in [2.75, 3.05) is 28.4 Å². The lowest BCUT2D eigenvalue weighted by Gasteiger charge is -2.28. The highest BCUT2D eigenvalue weighted by Gasteiger charge is 2.30. The highest BCUT2D eigenvalue weighted by Crippen LogP contribution is 2.54. The van der Waals surface area contributed by atoms with Crippen LogP contribution in [0.15, 0.2) is 109 Å². The molecule has 4 heteroatoms. The summed E-state index contributed by atoms with van der Waals surface area (Å²) in [5.41, 5.74) is 12.7. The summed E-state index contributed by atoms with van der Waals surface area (Å²) in [6, 6.07) is 40.5. The molecule has 0 heterocycles. The smallest absolute Gasteiger partial charge is 0.130 e. The number of methoxy groups -OCH3 is 4. The normalized spacial score (nSPS) is 12.7. The zero-order chi connectivity index (χ0) is 46.3. The molecule has 0 unspecified atom stereocenters. The summed E-state index contributed by atoms with van der Waals surface area (Å²) in [6.07, 6.45) is 0. The topological polar surface area (TPSA) is 36.9 Å². The van der Waals surface area contributed by atoms with E-state index >= 15 is 0 Å². The molecular formula is C60H66O4. The van der Waals surface area contributed by atoms with Gasteiger partial charge < -0.3 is 18.9 Å². The van der Waals surface area contributed by atoms with Crippen LogP contribution in [0.1, 0.15) is 105 Å². The first-order valence-electron chi connectivity index (χ1n) is 22.7. The van der Waals surface area contributed by atoms with Gasteiger partial charge in [0.05, 0.1) is 28.4 Å². The number of hydrogen-bond acceptors (Lipinski definition) is 4. The highest BCUT2D eigenvalue weighted by atomic mass is 16.5. The van der Waals surface area contributed by atoms with Gasteiger partial charge in [0.25, 0.3) is 0 Å². The predicted molar refractivity (Wildman–Crippen MR) is 273 cm³/mol. The van der Waals surface area contributed by atoms with Crippen LogP contribution in [0.25, 0.3) is 76.8 Å². The fourth-order valence-electron chi connectivity index (χ4n) is 10.1. The maximum absolute atomic E-state index is 6.43. The van der Waals surface area contributed by atoms with Crippen LogP contribution >= 0.6 is 0 Å². The Hall–Kier alpha value is -6.00. The fraction of sp³-hybridized carbons (Fsp3) is 0.333. The van der Waals surface area contributed by atoms with E-state index in [4.69, 9.17) is 18.9 Å². The second kappa shape index (κ2) is 15.9. The number of rotatable bonds is 8. The van der Waals surface area contributed by atoms with Gasteiger partial charge in [-0.3, -0.25) is 0 Å². The van der Waals surface area contributed by atoms with Crippen molar-refractivity contribution in [1.82, 2.24) is 0 Å². The number of para-hydroxylation sites is 4. The highest BCUT2D eigenvalue weighted by molar-refractivity contribution is 6.32. The molecule has 0 atom stereocenters. The van der Waals surface area contributed by atoms with Crippen LogP contribution in [-0.2, 0) is 21.7 Å². The largest absolute Gasteiger partial charge is 0.496 e. The summed E-state index contributed by atoms with van der Waals surface area (Å²) in [4.78, 5) is 0. The lowest BCUT2D eigenvalue weighted by molar-refractivity contribution is 0.399. The van der Waals surface area contributed by atoms with E-state index in [1.54, 1.807) is 28.4 Å². The van der Waals surface area contributed by atoms with Gasteiger partial charge in [0, 0.05) is 44.5 Å². The Balaban J connectivity index is 1.65. The molecule has 8 aromatic carbocycles. The molecule has 0 aliphatic heterocycles. The zero-order valence-electron chi connectivity index (χ0n) is 41.0. The van der Waals surface area contributed by atoms with E-state index in [0.29, 0.717) is 0 Å². The van der Waals surface area contributed by atoms with Crippen molar-refractivity contribution >= 4 is 32.3 Å². The van der Waals surface area contributed by atoms with Gasteiger partial charge in [-0.15, -0.1) is 0 Å². The summed E-state index contributed by atoms with van der Waals surface area (Å²) in [5.74, 6) is 3.56. The van der Waals surface area contributed by atoms with Gasteiger partial charge in [-0.05, 0) is 88.4 Å². The molecule has 0 amide bonds. The van der Waals surface area contributed by atoms with E-state index in [2.05, 4.69) is 192 Å². The third kappa shape index (κ3) is 7.33. The molecule has 330 valence electrons. The van der Waals surface area contributed by atoms with Crippen molar-refractivity contribution in [2.45, 2.75) is 105 Å². The second-order valence-corrected chi connectivity index (χ2v) is 21.6. The lowest BCUT2D eigenvalue weighted by Crippen LogP contribution is -2.13. The molecule has 0 radical (unpaired) electrons. The van der Waals surface area contributed by atoms with Crippen LogP contribution in [0.3, 0.4) is 0 Å². The van der Waals surface area contributed by atoms with Crippen LogP contribution in [0.4, 0.5) is 0 Å². The summed E-state index contributed by atoms with van der Waals surface area (Å²) in [6.45, 7) is 27.0. The third-order valence-corrected chi connectivity index (χ3v) is 13.2. The average Bonchev–Trinajstić information content (AvgIpc) is 3.25. The Kier molecular flexibility index (Phi) is 11.1. The van der Waals surface area contributed by atoms with Crippen molar-refractivity contribution in [3.05, 3.63) is 131 Å². The molecule has 0 N–H and O–H groups in total. The average molecular weight is 851 g/mol. The van der Waals surface area contributed by atoms with E-state index < -0.39 is 0 Å². The van der Waals surface area contributed by atoms with Crippen molar-refractivity contribution in [2.24, 2.45) is 0 Å². The quantitative estimate of drug-likeness (QED) is 0.143. The van der Waals surface area contributed by atoms with E-state index in [9.17, 15) is 0 Å². The van der Waals surface area contributed by atoms with Crippen LogP contribution in [0, 0.1) is 0 Å². The van der Waals surface area contributed by atoms with E-state index in [-0.39, 0.29) is 21.7 Å². The Labute approximate surface area is 381 Å². The SMILES string of the molecule is COc1c(-c2cc(-c3cccc(C(C)(C)C)c3OC)c3ccc4c(-c5cccc(C(C)(C)C)c5OC)cc(-c5cccc(C(C)(C)C)c5OC)c5ccc2c3c54)cccc1C(C)(C)C. The van der Waals surface area contributed by atoms with Gasteiger partial charge in [-0.1, -0.05) is 180 Å². The van der Waals surface area contributed by atoms with Gasteiger partial charge in [-0.2, -0.15) is 0 Å². The van der Waals surface area contributed by atoms with E-state index in [1.807, 2.05) is 0 Å². The van der Waals surface area contributed by atoms with Crippen molar-refractivity contribution in [3.8, 4) is 67.5 Å². The minimum atomic E-state index is -0.149. The van der Waals surface area contributed by atoms with E-state index in [0.717, 1.165) is 111 Å². The number of benzene rings is 8. The maximum atomic E-state index is 6.43. The minimum absolute atomic E-state index is 0.149. The molecular weight excluding hydrogens is 785 g/mol. The van der Waals surface area contributed by atoms with Gasteiger partial charge in [0.1, 0.15) is 23.0 Å². The third-order valence-electron chi connectivity index (χ3n) is 13.2. The molecule has 8 aromatic rings. The van der Waals surface area contributed by atoms with Crippen molar-refractivity contribution < 1.29 is 18.9 Å². The summed E-state index contributed by atoms with van der Waals surface area (Å²) >= 11 is 0. The molecule has 0 aliphatic rings. The van der Waals surface area contributed by atoms with Gasteiger partial charge >= 0.3 is 0 Å². The standard InChI is InChI=1S/C60H66O4/c1-57(2,3)47-25-17-21-39(53(47)61-13)43-33-44(40-22-18-26-48(54(40)62-14)58(4,5)6)36-31-32-38-46(42-24-20-28-50(56(42)64-16)60(10,11)12)34-45(37-30-29-35(43)51(36)52(37)38)41-23-19-27-49(55(41)63-15)59(7,8)9/h17-34H,1-16H3. The first-order chi connectivity index (χ1) is 30.1. The van der Waals surface area contributed by atoms with Gasteiger partial charge in [0.2, 0.25) is 0 Å². The molecule has 0 fully saturated rings. The Morgan fingerprint density at radius 3 is 0.641 bits per heavy atom.